The molecule has 11 heteroatoms. The van der Waals surface area contributed by atoms with Crippen LogP contribution in [0.2, 0.25) is 0 Å². The standard InChI is InChI=1S/C22H21F3N6O2/c23-22(24,25)16-10-29-21(31-20(16)30-18(19(26)32)15-11-33-12-15)28-9-13-4-6-14(7-5-13)17-3-1-2-8-27-17/h1-8,10,15,18H,9,11-12H2,(H2,26,32)(H2,28,29,30,31)/t18-/m1/s1. The van der Waals surface area contributed by atoms with Gasteiger partial charge in [-0.25, -0.2) is 4.98 Å². The zero-order chi connectivity index (χ0) is 23.4. The minimum atomic E-state index is -4.71. The van der Waals surface area contributed by atoms with Gasteiger partial charge in [0.05, 0.1) is 18.9 Å². The Kier molecular flexibility index (Phi) is 6.40. The van der Waals surface area contributed by atoms with Crippen LogP contribution < -0.4 is 16.4 Å². The van der Waals surface area contributed by atoms with Crippen molar-refractivity contribution in [2.24, 2.45) is 11.7 Å². The second-order valence-electron chi connectivity index (χ2n) is 7.54. The first kappa shape index (κ1) is 22.5. The van der Waals surface area contributed by atoms with E-state index in [-0.39, 0.29) is 31.6 Å². The number of aromatic nitrogens is 3. The first-order chi connectivity index (χ1) is 15.8. The van der Waals surface area contributed by atoms with Crippen LogP contribution in [0.15, 0.2) is 54.9 Å². The minimum Gasteiger partial charge on any atom is -0.380 e. The van der Waals surface area contributed by atoms with Crippen LogP contribution in [0, 0.1) is 5.92 Å². The van der Waals surface area contributed by atoms with Crippen molar-refractivity contribution in [1.82, 2.24) is 15.0 Å². The maximum Gasteiger partial charge on any atom is 0.421 e. The molecule has 3 aromatic rings. The maximum absolute atomic E-state index is 13.5. The van der Waals surface area contributed by atoms with E-state index in [1.165, 1.54) is 0 Å². The van der Waals surface area contributed by atoms with Gasteiger partial charge >= 0.3 is 6.18 Å². The molecule has 0 bridgehead atoms. The van der Waals surface area contributed by atoms with Crippen molar-refractivity contribution < 1.29 is 22.7 Å². The molecule has 172 valence electrons. The molecule has 1 atom stereocenters. The smallest absolute Gasteiger partial charge is 0.380 e. The molecule has 3 heterocycles. The fraction of sp³-hybridized carbons (Fsp3) is 0.273. The fourth-order valence-electron chi connectivity index (χ4n) is 3.31. The first-order valence-corrected chi connectivity index (χ1v) is 10.1. The summed E-state index contributed by atoms with van der Waals surface area (Å²) >= 11 is 0. The molecule has 0 saturated carbocycles. The molecular formula is C22H21F3N6O2. The van der Waals surface area contributed by atoms with Gasteiger partial charge in [0.2, 0.25) is 11.9 Å². The van der Waals surface area contributed by atoms with E-state index in [0.29, 0.717) is 6.20 Å². The average molecular weight is 458 g/mol. The Hall–Kier alpha value is -3.73. The number of nitrogens with one attached hydrogen (secondary N) is 2. The van der Waals surface area contributed by atoms with Crippen LogP contribution in [-0.2, 0) is 22.3 Å². The number of primary amides is 1. The summed E-state index contributed by atoms with van der Waals surface area (Å²) in [5.41, 5.74) is 6.94. The second kappa shape index (κ2) is 9.41. The lowest BCUT2D eigenvalue weighted by atomic mass is 9.97. The van der Waals surface area contributed by atoms with Crippen molar-refractivity contribution in [2.45, 2.75) is 18.8 Å². The number of benzene rings is 1. The Balaban J connectivity index is 1.50. The molecule has 33 heavy (non-hydrogen) atoms. The van der Waals surface area contributed by atoms with Crippen molar-refractivity contribution in [2.75, 3.05) is 23.8 Å². The normalized spacial score (nSPS) is 14.9. The number of alkyl halides is 3. The molecule has 1 amide bonds. The molecule has 4 N–H and O–H groups in total. The molecule has 1 aromatic carbocycles. The summed E-state index contributed by atoms with van der Waals surface area (Å²) in [5.74, 6) is -1.64. The summed E-state index contributed by atoms with van der Waals surface area (Å²) in [6.07, 6.45) is -2.32. The van der Waals surface area contributed by atoms with Gasteiger partial charge in [-0.15, -0.1) is 0 Å². The van der Waals surface area contributed by atoms with Gasteiger partial charge < -0.3 is 21.1 Å². The third-order valence-corrected chi connectivity index (χ3v) is 5.19. The number of halogens is 3. The molecule has 0 unspecified atom stereocenters. The third-order valence-electron chi connectivity index (χ3n) is 5.19. The molecule has 0 spiro atoms. The lowest BCUT2D eigenvalue weighted by molar-refractivity contribution is -0.137. The third kappa shape index (κ3) is 5.37. The van der Waals surface area contributed by atoms with Gasteiger partial charge in [0, 0.05) is 30.4 Å². The molecular weight excluding hydrogens is 437 g/mol. The number of hydrogen-bond acceptors (Lipinski definition) is 7. The van der Waals surface area contributed by atoms with Crippen LogP contribution in [-0.4, -0.2) is 40.1 Å². The highest BCUT2D eigenvalue weighted by atomic mass is 19.4. The van der Waals surface area contributed by atoms with E-state index in [4.69, 9.17) is 10.5 Å². The number of amides is 1. The molecule has 1 aliphatic heterocycles. The molecule has 8 nitrogen and oxygen atoms in total. The molecule has 2 aromatic heterocycles. The van der Waals surface area contributed by atoms with Crippen molar-refractivity contribution in [3.8, 4) is 11.3 Å². The Morgan fingerprint density at radius 1 is 1.15 bits per heavy atom. The summed E-state index contributed by atoms with van der Waals surface area (Å²) in [4.78, 5) is 23.8. The molecule has 4 rings (SSSR count). The van der Waals surface area contributed by atoms with Gasteiger partial charge in [0.15, 0.2) is 0 Å². The van der Waals surface area contributed by atoms with Crippen molar-refractivity contribution in [3.63, 3.8) is 0 Å². The molecule has 1 aliphatic rings. The minimum absolute atomic E-state index is 0.0209. The number of rotatable bonds is 8. The van der Waals surface area contributed by atoms with Crippen LogP contribution in [0.3, 0.4) is 0 Å². The Morgan fingerprint density at radius 2 is 1.91 bits per heavy atom. The number of anilines is 2. The van der Waals surface area contributed by atoms with E-state index in [1.807, 2.05) is 42.5 Å². The second-order valence-corrected chi connectivity index (χ2v) is 7.54. The Bertz CT molecular complexity index is 1110. The highest BCUT2D eigenvalue weighted by Gasteiger charge is 2.38. The lowest BCUT2D eigenvalue weighted by Gasteiger charge is -2.33. The van der Waals surface area contributed by atoms with Gasteiger partial charge in [-0.3, -0.25) is 9.78 Å². The Morgan fingerprint density at radius 3 is 2.48 bits per heavy atom. The summed E-state index contributed by atoms with van der Waals surface area (Å²) < 4.78 is 45.4. The van der Waals surface area contributed by atoms with E-state index in [2.05, 4.69) is 25.6 Å². The largest absolute Gasteiger partial charge is 0.421 e. The van der Waals surface area contributed by atoms with Crippen molar-refractivity contribution in [3.05, 3.63) is 66.0 Å². The number of carbonyl (C=O) groups excluding carboxylic acids is 1. The van der Waals surface area contributed by atoms with E-state index in [1.54, 1.807) is 6.20 Å². The maximum atomic E-state index is 13.5. The quantitative estimate of drug-likeness (QED) is 0.475. The zero-order valence-corrected chi connectivity index (χ0v) is 17.3. The summed E-state index contributed by atoms with van der Waals surface area (Å²) in [6.45, 7) is 0.738. The van der Waals surface area contributed by atoms with Gasteiger partial charge in [-0.2, -0.15) is 18.2 Å². The van der Waals surface area contributed by atoms with Crippen molar-refractivity contribution in [1.29, 1.82) is 0 Å². The summed E-state index contributed by atoms with van der Waals surface area (Å²) in [5, 5.41) is 5.46. The van der Waals surface area contributed by atoms with Crippen molar-refractivity contribution >= 4 is 17.7 Å². The summed E-state index contributed by atoms with van der Waals surface area (Å²) in [7, 11) is 0. The van der Waals surface area contributed by atoms with Gasteiger partial charge in [0.25, 0.3) is 0 Å². The average Bonchev–Trinajstić information content (AvgIpc) is 2.76. The predicted octanol–water partition coefficient (Wildman–Crippen LogP) is 3.08. The van der Waals surface area contributed by atoms with Gasteiger partial charge in [0.1, 0.15) is 17.4 Å². The van der Waals surface area contributed by atoms with E-state index in [0.717, 1.165) is 16.8 Å². The number of pyridine rings is 1. The molecule has 1 saturated heterocycles. The number of hydrogen-bond donors (Lipinski definition) is 3. The van der Waals surface area contributed by atoms with Crippen LogP contribution in [0.4, 0.5) is 24.9 Å². The van der Waals surface area contributed by atoms with Crippen LogP contribution in [0.5, 0.6) is 0 Å². The van der Waals surface area contributed by atoms with Gasteiger partial charge in [-0.05, 0) is 17.7 Å². The van der Waals surface area contributed by atoms with E-state index in [9.17, 15) is 18.0 Å². The van der Waals surface area contributed by atoms with E-state index >= 15 is 0 Å². The van der Waals surface area contributed by atoms with Crippen LogP contribution >= 0.6 is 0 Å². The number of ether oxygens (including phenoxy) is 1. The van der Waals surface area contributed by atoms with Crippen LogP contribution in [0.1, 0.15) is 11.1 Å². The lowest BCUT2D eigenvalue weighted by Crippen LogP contribution is -2.50. The van der Waals surface area contributed by atoms with E-state index < -0.39 is 29.5 Å². The van der Waals surface area contributed by atoms with Crippen LogP contribution in [0.25, 0.3) is 11.3 Å². The Labute approximate surface area is 187 Å². The number of nitrogens with two attached hydrogens (primary N) is 1. The summed E-state index contributed by atoms with van der Waals surface area (Å²) in [6, 6.07) is 12.1. The highest BCUT2D eigenvalue weighted by Crippen LogP contribution is 2.35. The SMILES string of the molecule is NC(=O)[C@H](Nc1nc(NCc2ccc(-c3ccccn3)cc2)ncc1C(F)(F)F)C1COC1. The monoisotopic (exact) mass is 458 g/mol. The molecule has 0 radical (unpaired) electrons. The molecule has 0 aliphatic carbocycles. The zero-order valence-electron chi connectivity index (χ0n) is 17.3. The topological polar surface area (TPSA) is 115 Å². The first-order valence-electron chi connectivity index (χ1n) is 10.1. The molecule has 1 fully saturated rings. The number of carbonyl (C=O) groups is 1. The fourth-order valence-corrected chi connectivity index (χ4v) is 3.31. The predicted molar refractivity (Wildman–Crippen MR) is 115 cm³/mol. The number of nitrogens with zero attached hydrogens (tertiary/aromatic N) is 3. The highest BCUT2D eigenvalue weighted by molar-refractivity contribution is 5.83. The van der Waals surface area contributed by atoms with Gasteiger partial charge in [-0.1, -0.05) is 30.3 Å².